The number of hydrogen-bond acceptors (Lipinski definition) is 5. The number of aromatic nitrogens is 4. The number of benzene rings is 3. The number of aryl methyl sites for hydroxylation is 1. The first kappa shape index (κ1) is 20.9. The summed E-state index contributed by atoms with van der Waals surface area (Å²) in [6, 6.07) is 22.2. The van der Waals surface area contributed by atoms with Crippen LogP contribution in [-0.2, 0) is 13.0 Å². The van der Waals surface area contributed by atoms with Gasteiger partial charge in [0, 0.05) is 22.7 Å². The molecule has 8 heteroatoms. The topological polar surface area (TPSA) is 93.8 Å². The highest BCUT2D eigenvalue weighted by atomic mass is 35.5. The monoisotopic (exact) mass is 458 g/mol. The molecule has 0 bridgehead atoms. The molecule has 0 spiro atoms. The summed E-state index contributed by atoms with van der Waals surface area (Å²) in [5, 5.41) is 5.06. The third-order valence-electron chi connectivity index (χ3n) is 5.45. The number of nitrogens with zero attached hydrogens (tertiary/aromatic N) is 3. The highest BCUT2D eigenvalue weighted by Gasteiger charge is 2.14. The van der Waals surface area contributed by atoms with Crippen molar-refractivity contribution in [3.05, 3.63) is 104 Å². The maximum Gasteiger partial charge on any atom is 0.328 e. The fourth-order valence-electron chi connectivity index (χ4n) is 3.73. The average Bonchev–Trinajstić information content (AvgIpc) is 3.32. The molecule has 0 amide bonds. The lowest BCUT2D eigenvalue weighted by Crippen LogP contribution is -2.35. The van der Waals surface area contributed by atoms with Crippen LogP contribution in [0.1, 0.15) is 12.0 Å². The van der Waals surface area contributed by atoms with Crippen molar-refractivity contribution in [2.45, 2.75) is 19.4 Å². The minimum Gasteiger partial charge on any atom is -0.334 e. The van der Waals surface area contributed by atoms with Crippen LogP contribution in [0.15, 0.2) is 86.9 Å². The highest BCUT2D eigenvalue weighted by molar-refractivity contribution is 6.30. The van der Waals surface area contributed by atoms with Gasteiger partial charge in [-0.2, -0.15) is 4.98 Å². The van der Waals surface area contributed by atoms with E-state index in [0.717, 1.165) is 12.0 Å². The molecule has 0 aliphatic carbocycles. The van der Waals surface area contributed by atoms with Gasteiger partial charge in [-0.15, -0.1) is 0 Å². The summed E-state index contributed by atoms with van der Waals surface area (Å²) in [5.74, 6) is 0.707. The molecule has 2 aromatic heterocycles. The molecule has 164 valence electrons. The van der Waals surface area contributed by atoms with E-state index in [9.17, 15) is 9.59 Å². The molecule has 0 atom stereocenters. The SMILES string of the molecule is O=c1[nH]c2cc(-c3nc(-c4ccc(Cl)cc4)no3)ccc2c(=O)n1CCCc1ccccc1. The summed E-state index contributed by atoms with van der Waals surface area (Å²) in [5.41, 5.74) is 2.21. The fraction of sp³-hybridized carbons (Fsp3) is 0.120. The zero-order chi connectivity index (χ0) is 22.8. The van der Waals surface area contributed by atoms with Crippen molar-refractivity contribution in [1.82, 2.24) is 19.7 Å². The molecule has 3 aromatic carbocycles. The molecular weight excluding hydrogens is 440 g/mol. The lowest BCUT2D eigenvalue weighted by atomic mass is 10.1. The number of aromatic amines is 1. The Morgan fingerprint density at radius 2 is 1.70 bits per heavy atom. The zero-order valence-corrected chi connectivity index (χ0v) is 18.2. The van der Waals surface area contributed by atoms with Crippen molar-refractivity contribution >= 4 is 22.5 Å². The van der Waals surface area contributed by atoms with Crippen LogP contribution in [0.25, 0.3) is 33.7 Å². The van der Waals surface area contributed by atoms with Crippen LogP contribution < -0.4 is 11.2 Å². The molecule has 0 saturated carbocycles. The Morgan fingerprint density at radius 3 is 2.48 bits per heavy atom. The lowest BCUT2D eigenvalue weighted by Gasteiger charge is -2.07. The second kappa shape index (κ2) is 8.88. The first-order valence-corrected chi connectivity index (χ1v) is 10.9. The molecule has 0 saturated heterocycles. The Hall–Kier alpha value is -3.97. The third-order valence-corrected chi connectivity index (χ3v) is 5.70. The van der Waals surface area contributed by atoms with E-state index in [1.54, 1.807) is 42.5 Å². The van der Waals surface area contributed by atoms with Crippen LogP contribution in [0, 0.1) is 0 Å². The van der Waals surface area contributed by atoms with Gasteiger partial charge in [-0.3, -0.25) is 9.36 Å². The Balaban J connectivity index is 1.41. The summed E-state index contributed by atoms with van der Waals surface area (Å²) < 4.78 is 6.64. The van der Waals surface area contributed by atoms with Crippen LogP contribution in [-0.4, -0.2) is 19.7 Å². The van der Waals surface area contributed by atoms with Crippen molar-refractivity contribution < 1.29 is 4.52 Å². The molecule has 0 unspecified atom stereocenters. The Labute approximate surface area is 193 Å². The molecule has 0 aliphatic rings. The van der Waals surface area contributed by atoms with E-state index in [2.05, 4.69) is 15.1 Å². The molecule has 0 aliphatic heterocycles. The van der Waals surface area contributed by atoms with Crippen LogP contribution in [0.2, 0.25) is 5.02 Å². The summed E-state index contributed by atoms with van der Waals surface area (Å²) in [6.45, 7) is 0.342. The van der Waals surface area contributed by atoms with Gasteiger partial charge in [0.1, 0.15) is 0 Å². The van der Waals surface area contributed by atoms with E-state index in [0.29, 0.717) is 40.3 Å². The fourth-order valence-corrected chi connectivity index (χ4v) is 3.86. The molecule has 0 fully saturated rings. The van der Waals surface area contributed by atoms with E-state index >= 15 is 0 Å². The van der Waals surface area contributed by atoms with Gasteiger partial charge in [-0.25, -0.2) is 4.79 Å². The van der Waals surface area contributed by atoms with E-state index in [4.69, 9.17) is 16.1 Å². The van der Waals surface area contributed by atoms with E-state index in [1.165, 1.54) is 10.1 Å². The quantitative estimate of drug-likeness (QED) is 0.398. The molecule has 2 heterocycles. The summed E-state index contributed by atoms with van der Waals surface area (Å²) in [7, 11) is 0. The number of fused-ring (bicyclic) bond motifs is 1. The molecule has 33 heavy (non-hydrogen) atoms. The smallest absolute Gasteiger partial charge is 0.328 e. The second-order valence-corrected chi connectivity index (χ2v) is 8.10. The minimum atomic E-state index is -0.440. The van der Waals surface area contributed by atoms with Gasteiger partial charge in [0.2, 0.25) is 5.82 Å². The van der Waals surface area contributed by atoms with Gasteiger partial charge in [0.05, 0.1) is 10.9 Å². The maximum atomic E-state index is 12.9. The number of halogens is 1. The van der Waals surface area contributed by atoms with Crippen molar-refractivity contribution in [2.24, 2.45) is 0 Å². The van der Waals surface area contributed by atoms with E-state index in [1.807, 2.05) is 30.3 Å². The predicted octanol–water partition coefficient (Wildman–Crippen LogP) is 4.69. The summed E-state index contributed by atoms with van der Waals surface area (Å²) >= 11 is 5.93. The first-order valence-electron chi connectivity index (χ1n) is 10.5. The van der Waals surface area contributed by atoms with Crippen LogP contribution in [0.3, 0.4) is 0 Å². The maximum absolute atomic E-state index is 12.9. The highest BCUT2D eigenvalue weighted by Crippen LogP contribution is 2.24. The van der Waals surface area contributed by atoms with Crippen molar-refractivity contribution in [2.75, 3.05) is 0 Å². The van der Waals surface area contributed by atoms with Gasteiger partial charge in [0.25, 0.3) is 11.4 Å². The Kier molecular flexibility index (Phi) is 5.62. The van der Waals surface area contributed by atoms with E-state index < -0.39 is 5.69 Å². The van der Waals surface area contributed by atoms with Crippen LogP contribution >= 0.6 is 11.6 Å². The lowest BCUT2D eigenvalue weighted by molar-refractivity contribution is 0.432. The van der Waals surface area contributed by atoms with Crippen LogP contribution in [0.5, 0.6) is 0 Å². The Bertz CT molecular complexity index is 1540. The average molecular weight is 459 g/mol. The standard InChI is InChI=1S/C25H19ClN4O3/c26-19-11-8-17(9-12-19)22-28-23(33-29-22)18-10-13-20-21(15-18)27-25(32)30(24(20)31)14-4-7-16-5-2-1-3-6-16/h1-3,5-6,8-13,15H,4,7,14H2,(H,27,32). The van der Waals surface area contributed by atoms with Crippen molar-refractivity contribution in [3.63, 3.8) is 0 Å². The van der Waals surface area contributed by atoms with Gasteiger partial charge >= 0.3 is 5.69 Å². The zero-order valence-electron chi connectivity index (χ0n) is 17.5. The molecule has 0 radical (unpaired) electrons. The van der Waals surface area contributed by atoms with Crippen molar-refractivity contribution in [3.8, 4) is 22.8 Å². The molecule has 1 N–H and O–H groups in total. The normalized spacial score (nSPS) is 11.2. The predicted molar refractivity (Wildman–Crippen MR) is 127 cm³/mol. The molecule has 5 aromatic rings. The Morgan fingerprint density at radius 1 is 0.939 bits per heavy atom. The van der Waals surface area contributed by atoms with Gasteiger partial charge < -0.3 is 9.51 Å². The molecule has 7 nitrogen and oxygen atoms in total. The summed E-state index contributed by atoms with van der Waals surface area (Å²) in [6.07, 6.45) is 1.48. The largest absolute Gasteiger partial charge is 0.334 e. The second-order valence-electron chi connectivity index (χ2n) is 7.67. The van der Waals surface area contributed by atoms with Gasteiger partial charge in [-0.1, -0.05) is 47.1 Å². The number of H-pyrrole nitrogens is 1. The summed E-state index contributed by atoms with van der Waals surface area (Å²) in [4.78, 5) is 32.8. The molecular formula is C25H19ClN4O3. The third kappa shape index (κ3) is 4.36. The van der Waals surface area contributed by atoms with Gasteiger partial charge in [-0.05, 0) is 60.9 Å². The van der Waals surface area contributed by atoms with Crippen LogP contribution in [0.4, 0.5) is 0 Å². The number of nitrogens with one attached hydrogen (secondary N) is 1. The van der Waals surface area contributed by atoms with Gasteiger partial charge in [0.15, 0.2) is 0 Å². The van der Waals surface area contributed by atoms with Crippen molar-refractivity contribution in [1.29, 1.82) is 0 Å². The molecule has 5 rings (SSSR count). The van der Waals surface area contributed by atoms with E-state index in [-0.39, 0.29) is 11.4 Å². The first-order chi connectivity index (χ1) is 16.1. The number of rotatable bonds is 6. The number of hydrogen-bond donors (Lipinski definition) is 1. The minimum absolute atomic E-state index is 0.287.